The number of aromatic nitrogens is 2. The molecule has 4 nitrogen and oxygen atoms in total. The minimum Gasteiger partial charge on any atom is -0.460 e. The smallest absolute Gasteiger partial charge is 0.374 e. The molecule has 0 aliphatic carbocycles. The fourth-order valence-corrected chi connectivity index (χ4v) is 1.67. The van der Waals surface area contributed by atoms with Gasteiger partial charge in [0, 0.05) is 7.05 Å². The molecule has 17 heavy (non-hydrogen) atoms. The molecular weight excluding hydrogens is 232 g/mol. The van der Waals surface area contributed by atoms with E-state index in [2.05, 4.69) is 36.1 Å². The van der Waals surface area contributed by atoms with E-state index in [1.54, 1.807) is 24.7 Å². The Morgan fingerprint density at radius 1 is 1.53 bits per heavy atom. The maximum Gasteiger partial charge on any atom is 0.374 e. The van der Waals surface area contributed by atoms with Crippen LogP contribution < -0.4 is 0 Å². The second kappa shape index (κ2) is 5.19. The monoisotopic (exact) mass is 250 g/mol. The molecule has 0 saturated carbocycles. The van der Waals surface area contributed by atoms with Gasteiger partial charge in [0.15, 0.2) is 0 Å². The minimum absolute atomic E-state index is 0.298. The third-order valence-corrected chi connectivity index (χ3v) is 2.89. The van der Waals surface area contributed by atoms with E-state index in [0.717, 1.165) is 5.69 Å². The Balaban J connectivity index is 2.98. The molecule has 0 amide bonds. The van der Waals surface area contributed by atoms with Gasteiger partial charge in [-0.15, -0.1) is 5.54 Å². The van der Waals surface area contributed by atoms with Gasteiger partial charge >= 0.3 is 5.97 Å². The molecule has 1 heterocycles. The summed E-state index contributed by atoms with van der Waals surface area (Å²) in [5.41, 5.74) is 3.98. The predicted octanol–water partition coefficient (Wildman–Crippen LogP) is 1.83. The van der Waals surface area contributed by atoms with Gasteiger partial charge in [-0.2, -0.15) is 0 Å². The molecule has 0 aliphatic heterocycles. The number of carbonyl (C=O) groups is 1. The van der Waals surface area contributed by atoms with E-state index in [1.807, 2.05) is 0 Å². The van der Waals surface area contributed by atoms with Crippen LogP contribution in [0.25, 0.3) is 0 Å². The Hall–Kier alpha value is -1.54. The summed E-state index contributed by atoms with van der Waals surface area (Å²) in [6, 6.07) is 0. The van der Waals surface area contributed by atoms with Gasteiger partial charge in [0.25, 0.3) is 0 Å². The Bertz CT molecular complexity index is 475. The van der Waals surface area contributed by atoms with Crippen LogP contribution in [0.15, 0.2) is 6.20 Å². The molecule has 0 radical (unpaired) electrons. The highest BCUT2D eigenvalue weighted by atomic mass is 28.3. The van der Waals surface area contributed by atoms with Gasteiger partial charge in [-0.3, -0.25) is 0 Å². The SMILES string of the molecule is CCOC(=O)c1ncc(C#C[Si](C)(C)C)n1C. The third-order valence-electron chi connectivity index (χ3n) is 2.01. The average Bonchev–Trinajstić information content (AvgIpc) is 2.56. The zero-order valence-electron chi connectivity index (χ0n) is 11.0. The van der Waals surface area contributed by atoms with Gasteiger partial charge in [0.1, 0.15) is 13.8 Å². The molecule has 92 valence electrons. The lowest BCUT2D eigenvalue weighted by Gasteiger charge is -2.04. The molecule has 1 aromatic rings. The minimum atomic E-state index is -1.41. The van der Waals surface area contributed by atoms with Crippen molar-refractivity contribution in [3.63, 3.8) is 0 Å². The molecule has 0 unspecified atom stereocenters. The van der Waals surface area contributed by atoms with Crippen molar-refractivity contribution in [2.75, 3.05) is 6.61 Å². The summed E-state index contributed by atoms with van der Waals surface area (Å²) >= 11 is 0. The lowest BCUT2D eigenvalue weighted by atomic mass is 10.5. The lowest BCUT2D eigenvalue weighted by Crippen LogP contribution is -2.16. The first-order valence-corrected chi connectivity index (χ1v) is 9.07. The number of hydrogen-bond acceptors (Lipinski definition) is 3. The van der Waals surface area contributed by atoms with Crippen molar-refractivity contribution in [2.45, 2.75) is 26.6 Å². The molecular formula is C12H18N2O2Si. The first-order chi connectivity index (χ1) is 7.85. The van der Waals surface area contributed by atoms with E-state index in [0.29, 0.717) is 12.4 Å². The fourth-order valence-electron chi connectivity index (χ4n) is 1.16. The van der Waals surface area contributed by atoms with Gasteiger partial charge in [0.05, 0.1) is 12.8 Å². The summed E-state index contributed by atoms with van der Waals surface area (Å²) in [6.45, 7) is 8.63. The Kier molecular flexibility index (Phi) is 4.13. The predicted molar refractivity (Wildman–Crippen MR) is 69.4 cm³/mol. The second-order valence-electron chi connectivity index (χ2n) is 4.75. The number of esters is 1. The van der Waals surface area contributed by atoms with Gasteiger partial charge < -0.3 is 9.30 Å². The van der Waals surface area contributed by atoms with Gasteiger partial charge in [-0.1, -0.05) is 25.6 Å². The molecule has 0 fully saturated rings. The summed E-state index contributed by atoms with van der Waals surface area (Å²) in [5.74, 6) is 2.97. The molecule has 0 atom stereocenters. The Morgan fingerprint density at radius 2 is 2.18 bits per heavy atom. The number of nitrogens with zero attached hydrogens (tertiary/aromatic N) is 2. The van der Waals surface area contributed by atoms with Crippen molar-refractivity contribution < 1.29 is 9.53 Å². The third kappa shape index (κ3) is 3.75. The highest BCUT2D eigenvalue weighted by Crippen LogP contribution is 2.05. The summed E-state index contributed by atoms with van der Waals surface area (Å²) < 4.78 is 6.58. The quantitative estimate of drug-likeness (QED) is 0.457. The molecule has 0 N–H and O–H groups in total. The topological polar surface area (TPSA) is 44.1 Å². The van der Waals surface area contributed by atoms with Crippen LogP contribution >= 0.6 is 0 Å². The first kappa shape index (κ1) is 13.5. The van der Waals surface area contributed by atoms with Gasteiger partial charge in [-0.05, 0) is 6.92 Å². The number of imidazole rings is 1. The van der Waals surface area contributed by atoms with E-state index in [4.69, 9.17) is 4.74 Å². The normalized spacial score (nSPS) is 10.6. The Labute approximate surface area is 103 Å². The molecule has 0 spiro atoms. The van der Waals surface area contributed by atoms with Crippen molar-refractivity contribution in [3.8, 4) is 11.5 Å². The number of ether oxygens (including phenoxy) is 1. The zero-order chi connectivity index (χ0) is 13.1. The van der Waals surface area contributed by atoms with E-state index >= 15 is 0 Å². The standard InChI is InChI=1S/C12H18N2O2Si/c1-6-16-12(15)11-13-9-10(14(11)2)7-8-17(3,4)5/h9H,6H2,1-5H3. The van der Waals surface area contributed by atoms with Crippen LogP contribution in [0.1, 0.15) is 23.2 Å². The maximum atomic E-state index is 11.5. The van der Waals surface area contributed by atoms with E-state index in [-0.39, 0.29) is 0 Å². The maximum absolute atomic E-state index is 11.5. The molecule has 1 aromatic heterocycles. The molecule has 0 bridgehead atoms. The van der Waals surface area contributed by atoms with Crippen molar-refractivity contribution in [1.82, 2.24) is 9.55 Å². The van der Waals surface area contributed by atoms with Crippen molar-refractivity contribution in [2.24, 2.45) is 7.05 Å². The van der Waals surface area contributed by atoms with Crippen molar-refractivity contribution in [3.05, 3.63) is 17.7 Å². The fraction of sp³-hybridized carbons (Fsp3) is 0.500. The second-order valence-corrected chi connectivity index (χ2v) is 9.50. The van der Waals surface area contributed by atoms with E-state index < -0.39 is 14.0 Å². The van der Waals surface area contributed by atoms with E-state index in [1.165, 1.54) is 0 Å². The van der Waals surface area contributed by atoms with Gasteiger partial charge in [0.2, 0.25) is 5.82 Å². The van der Waals surface area contributed by atoms with Crippen molar-refractivity contribution in [1.29, 1.82) is 0 Å². The Morgan fingerprint density at radius 3 is 2.71 bits per heavy atom. The summed E-state index contributed by atoms with van der Waals surface area (Å²) in [7, 11) is 0.357. The van der Waals surface area contributed by atoms with Crippen LogP contribution in [-0.2, 0) is 11.8 Å². The molecule has 0 aliphatic rings. The summed E-state index contributed by atoms with van der Waals surface area (Å²) in [6.07, 6.45) is 1.61. The van der Waals surface area contributed by atoms with Crippen LogP contribution in [0.3, 0.4) is 0 Å². The largest absolute Gasteiger partial charge is 0.460 e. The highest BCUT2D eigenvalue weighted by molar-refractivity contribution is 6.83. The van der Waals surface area contributed by atoms with Gasteiger partial charge in [-0.25, -0.2) is 9.78 Å². The highest BCUT2D eigenvalue weighted by Gasteiger charge is 2.15. The number of carbonyl (C=O) groups excluding carboxylic acids is 1. The molecule has 5 heteroatoms. The van der Waals surface area contributed by atoms with Crippen LogP contribution in [0, 0.1) is 11.5 Å². The number of hydrogen-bond donors (Lipinski definition) is 0. The van der Waals surface area contributed by atoms with Crippen LogP contribution in [0.5, 0.6) is 0 Å². The molecule has 1 rings (SSSR count). The zero-order valence-corrected chi connectivity index (χ0v) is 12.0. The summed E-state index contributed by atoms with van der Waals surface area (Å²) in [5, 5.41) is 0. The lowest BCUT2D eigenvalue weighted by molar-refractivity contribution is 0.0508. The van der Waals surface area contributed by atoms with Crippen molar-refractivity contribution >= 4 is 14.0 Å². The van der Waals surface area contributed by atoms with E-state index in [9.17, 15) is 4.79 Å². The molecule has 0 saturated heterocycles. The number of rotatable bonds is 2. The first-order valence-electron chi connectivity index (χ1n) is 5.57. The summed E-state index contributed by atoms with van der Waals surface area (Å²) in [4.78, 5) is 15.6. The van der Waals surface area contributed by atoms with Crippen LogP contribution in [0.2, 0.25) is 19.6 Å². The van der Waals surface area contributed by atoms with Crippen LogP contribution in [-0.4, -0.2) is 30.2 Å². The molecule has 0 aromatic carbocycles. The average molecular weight is 250 g/mol. The van der Waals surface area contributed by atoms with Crippen LogP contribution in [0.4, 0.5) is 0 Å².